The smallest absolute Gasteiger partial charge is 0.0666 e. The summed E-state index contributed by atoms with van der Waals surface area (Å²) >= 11 is 0. The van der Waals surface area contributed by atoms with Crippen molar-refractivity contribution in [2.24, 2.45) is 5.92 Å². The zero-order chi connectivity index (χ0) is 11.0. The summed E-state index contributed by atoms with van der Waals surface area (Å²) in [5, 5.41) is 8.71. The summed E-state index contributed by atoms with van der Waals surface area (Å²) in [6.45, 7) is 8.30. The van der Waals surface area contributed by atoms with Gasteiger partial charge in [-0.05, 0) is 47.1 Å². The Hall–Kier alpha value is -0.590. The van der Waals surface area contributed by atoms with Gasteiger partial charge in [-0.2, -0.15) is 5.26 Å². The SMILES string of the molecule is CCN(CCCN(C)C)CC(C)C#N. The van der Waals surface area contributed by atoms with E-state index in [2.05, 4.69) is 36.9 Å². The van der Waals surface area contributed by atoms with Crippen LogP contribution in [-0.4, -0.2) is 50.1 Å². The Morgan fingerprint density at radius 3 is 2.36 bits per heavy atom. The van der Waals surface area contributed by atoms with E-state index in [4.69, 9.17) is 5.26 Å². The summed E-state index contributed by atoms with van der Waals surface area (Å²) in [6.07, 6.45) is 1.18. The van der Waals surface area contributed by atoms with Gasteiger partial charge in [-0.15, -0.1) is 0 Å². The second kappa shape index (κ2) is 7.78. The first kappa shape index (κ1) is 13.4. The highest BCUT2D eigenvalue weighted by Crippen LogP contribution is 1.99. The monoisotopic (exact) mass is 197 g/mol. The van der Waals surface area contributed by atoms with E-state index in [1.807, 2.05) is 6.92 Å². The third-order valence-electron chi connectivity index (χ3n) is 2.28. The third-order valence-corrected chi connectivity index (χ3v) is 2.28. The molecular weight excluding hydrogens is 174 g/mol. The number of nitrogens with zero attached hydrogens (tertiary/aromatic N) is 3. The summed E-state index contributed by atoms with van der Waals surface area (Å²) < 4.78 is 0. The fourth-order valence-corrected chi connectivity index (χ4v) is 1.42. The number of hydrogen-bond acceptors (Lipinski definition) is 3. The predicted molar refractivity (Wildman–Crippen MR) is 60.1 cm³/mol. The summed E-state index contributed by atoms with van der Waals surface area (Å²) in [6, 6.07) is 2.28. The molecule has 0 bridgehead atoms. The van der Waals surface area contributed by atoms with Crippen LogP contribution in [0.4, 0.5) is 0 Å². The van der Waals surface area contributed by atoms with E-state index >= 15 is 0 Å². The lowest BCUT2D eigenvalue weighted by atomic mass is 10.2. The number of rotatable bonds is 7. The van der Waals surface area contributed by atoms with Crippen LogP contribution in [0.5, 0.6) is 0 Å². The molecule has 1 atom stereocenters. The molecule has 0 saturated heterocycles. The van der Waals surface area contributed by atoms with Gasteiger partial charge in [0.05, 0.1) is 12.0 Å². The van der Waals surface area contributed by atoms with Gasteiger partial charge in [0, 0.05) is 6.54 Å². The van der Waals surface area contributed by atoms with Gasteiger partial charge in [-0.25, -0.2) is 0 Å². The van der Waals surface area contributed by atoms with Crippen LogP contribution in [-0.2, 0) is 0 Å². The third kappa shape index (κ3) is 6.88. The molecule has 0 fully saturated rings. The van der Waals surface area contributed by atoms with Crippen molar-refractivity contribution in [3.8, 4) is 6.07 Å². The molecule has 0 rings (SSSR count). The van der Waals surface area contributed by atoms with Crippen molar-refractivity contribution in [3.63, 3.8) is 0 Å². The first-order chi connectivity index (χ1) is 6.60. The maximum atomic E-state index is 8.71. The second-order valence-corrected chi connectivity index (χ2v) is 4.08. The predicted octanol–water partition coefficient (Wildman–Crippen LogP) is 1.42. The molecule has 0 aromatic carbocycles. The highest BCUT2D eigenvalue weighted by molar-refractivity contribution is 4.81. The summed E-state index contributed by atoms with van der Waals surface area (Å²) in [7, 11) is 4.18. The molecule has 82 valence electrons. The molecule has 0 spiro atoms. The molecule has 0 radical (unpaired) electrons. The molecule has 0 aromatic rings. The lowest BCUT2D eigenvalue weighted by molar-refractivity contribution is 0.251. The Balaban J connectivity index is 3.64. The van der Waals surface area contributed by atoms with Gasteiger partial charge >= 0.3 is 0 Å². The van der Waals surface area contributed by atoms with Gasteiger partial charge in [0.1, 0.15) is 0 Å². The van der Waals surface area contributed by atoms with Gasteiger partial charge in [-0.3, -0.25) is 0 Å². The minimum Gasteiger partial charge on any atom is -0.309 e. The van der Waals surface area contributed by atoms with Crippen molar-refractivity contribution >= 4 is 0 Å². The molecule has 0 aliphatic heterocycles. The van der Waals surface area contributed by atoms with Gasteiger partial charge in [0.15, 0.2) is 0 Å². The molecular formula is C11H23N3. The van der Waals surface area contributed by atoms with Crippen molar-refractivity contribution in [1.82, 2.24) is 9.80 Å². The van der Waals surface area contributed by atoms with Crippen LogP contribution in [0.2, 0.25) is 0 Å². The lowest BCUT2D eigenvalue weighted by Crippen LogP contribution is -2.30. The fraction of sp³-hybridized carbons (Fsp3) is 0.909. The highest BCUT2D eigenvalue weighted by Gasteiger charge is 2.07. The highest BCUT2D eigenvalue weighted by atomic mass is 15.1. The standard InChI is InChI=1S/C11H23N3/c1-5-14(10-11(2)9-12)8-6-7-13(3)4/h11H,5-8,10H2,1-4H3. The van der Waals surface area contributed by atoms with E-state index in [1.165, 1.54) is 6.42 Å². The maximum absolute atomic E-state index is 8.71. The van der Waals surface area contributed by atoms with E-state index in [0.29, 0.717) is 0 Å². The summed E-state index contributed by atoms with van der Waals surface area (Å²) in [4.78, 5) is 4.54. The molecule has 14 heavy (non-hydrogen) atoms. The number of hydrogen-bond donors (Lipinski definition) is 0. The van der Waals surface area contributed by atoms with Crippen LogP contribution >= 0.6 is 0 Å². The van der Waals surface area contributed by atoms with Crippen LogP contribution in [0.25, 0.3) is 0 Å². The topological polar surface area (TPSA) is 30.3 Å². The molecule has 0 heterocycles. The quantitative estimate of drug-likeness (QED) is 0.618. The Bertz CT molecular complexity index is 172. The van der Waals surface area contributed by atoms with E-state index in [0.717, 1.165) is 26.2 Å². The van der Waals surface area contributed by atoms with Gasteiger partial charge in [-0.1, -0.05) is 6.92 Å². The van der Waals surface area contributed by atoms with E-state index < -0.39 is 0 Å². The Morgan fingerprint density at radius 2 is 1.93 bits per heavy atom. The molecule has 1 unspecified atom stereocenters. The van der Waals surface area contributed by atoms with E-state index in [-0.39, 0.29) is 5.92 Å². The van der Waals surface area contributed by atoms with Crippen LogP contribution in [0.1, 0.15) is 20.3 Å². The molecule has 0 amide bonds. The normalized spacial score (nSPS) is 13.2. The first-order valence-electron chi connectivity index (χ1n) is 5.36. The van der Waals surface area contributed by atoms with Gasteiger partial charge < -0.3 is 9.80 Å². The van der Waals surface area contributed by atoms with Crippen LogP contribution in [0.3, 0.4) is 0 Å². The molecule has 0 aliphatic rings. The Kier molecular flexibility index (Phi) is 7.45. The fourth-order valence-electron chi connectivity index (χ4n) is 1.42. The average molecular weight is 197 g/mol. The van der Waals surface area contributed by atoms with E-state index in [9.17, 15) is 0 Å². The lowest BCUT2D eigenvalue weighted by Gasteiger charge is -2.22. The van der Waals surface area contributed by atoms with Crippen molar-refractivity contribution < 1.29 is 0 Å². The van der Waals surface area contributed by atoms with Crippen LogP contribution < -0.4 is 0 Å². The molecule has 0 aliphatic carbocycles. The van der Waals surface area contributed by atoms with Gasteiger partial charge in [0.25, 0.3) is 0 Å². The Labute approximate surface area is 88.3 Å². The molecule has 0 saturated carbocycles. The van der Waals surface area contributed by atoms with Gasteiger partial charge in [0.2, 0.25) is 0 Å². The Morgan fingerprint density at radius 1 is 1.29 bits per heavy atom. The molecule has 0 aromatic heterocycles. The molecule has 3 heteroatoms. The zero-order valence-corrected chi connectivity index (χ0v) is 9.95. The zero-order valence-electron chi connectivity index (χ0n) is 9.95. The van der Waals surface area contributed by atoms with E-state index in [1.54, 1.807) is 0 Å². The van der Waals surface area contributed by atoms with Crippen LogP contribution in [0, 0.1) is 17.2 Å². The van der Waals surface area contributed by atoms with Crippen molar-refractivity contribution in [3.05, 3.63) is 0 Å². The minimum atomic E-state index is 0.148. The van der Waals surface area contributed by atoms with Crippen LogP contribution in [0.15, 0.2) is 0 Å². The first-order valence-corrected chi connectivity index (χ1v) is 5.36. The van der Waals surface area contributed by atoms with Crippen molar-refractivity contribution in [2.45, 2.75) is 20.3 Å². The second-order valence-electron chi connectivity index (χ2n) is 4.08. The maximum Gasteiger partial charge on any atom is 0.0666 e. The van der Waals surface area contributed by atoms with Crippen molar-refractivity contribution in [1.29, 1.82) is 5.26 Å². The molecule has 0 N–H and O–H groups in total. The minimum absolute atomic E-state index is 0.148. The summed E-state index contributed by atoms with van der Waals surface area (Å²) in [5.41, 5.74) is 0. The largest absolute Gasteiger partial charge is 0.309 e. The molecule has 3 nitrogen and oxygen atoms in total. The average Bonchev–Trinajstić information content (AvgIpc) is 2.15. The summed E-state index contributed by atoms with van der Waals surface area (Å²) in [5.74, 6) is 0.148. The number of nitriles is 1. The van der Waals surface area contributed by atoms with Crippen molar-refractivity contribution in [2.75, 3.05) is 40.3 Å².